The van der Waals surface area contributed by atoms with Gasteiger partial charge in [0, 0.05) is 29.9 Å². The molecule has 1 aliphatic carbocycles. The number of carboxylic acid groups (broad SMARTS) is 1. The van der Waals surface area contributed by atoms with Crippen molar-refractivity contribution in [2.75, 3.05) is 23.9 Å². The van der Waals surface area contributed by atoms with E-state index in [0.717, 1.165) is 54.7 Å². The molecule has 1 amide bonds. The number of hydrogen-bond acceptors (Lipinski definition) is 5. The Morgan fingerprint density at radius 2 is 1.91 bits per heavy atom. The van der Waals surface area contributed by atoms with E-state index in [4.69, 9.17) is 9.47 Å². The average Bonchev–Trinajstić information content (AvgIpc) is 3.41. The number of carbonyl (C=O) groups excluding carboxylic acids is 1. The molecule has 4 rings (SSSR count). The summed E-state index contributed by atoms with van der Waals surface area (Å²) in [6.45, 7) is 5.17. The highest BCUT2D eigenvalue weighted by molar-refractivity contribution is 5.88. The fourth-order valence-corrected chi connectivity index (χ4v) is 4.94. The van der Waals surface area contributed by atoms with Gasteiger partial charge < -0.3 is 19.5 Å². The predicted molar refractivity (Wildman–Crippen MR) is 128 cm³/mol. The topological polar surface area (TPSA) is 88.1 Å². The Labute approximate surface area is 194 Å². The zero-order valence-electron chi connectivity index (χ0n) is 19.5. The van der Waals surface area contributed by atoms with Crippen molar-refractivity contribution in [1.82, 2.24) is 0 Å². The van der Waals surface area contributed by atoms with E-state index in [1.54, 1.807) is 19.2 Å². The van der Waals surface area contributed by atoms with Crippen molar-refractivity contribution in [1.29, 1.82) is 0 Å². The number of methoxy groups -OCH3 is 1. The molecule has 0 saturated heterocycles. The lowest BCUT2D eigenvalue weighted by Crippen LogP contribution is -2.29. The second-order valence-corrected chi connectivity index (χ2v) is 9.19. The first-order valence-corrected chi connectivity index (χ1v) is 11.6. The summed E-state index contributed by atoms with van der Waals surface area (Å²) in [6.07, 6.45) is 4.42. The Hall–Kier alpha value is -3.22. The quantitative estimate of drug-likeness (QED) is 0.582. The van der Waals surface area contributed by atoms with Crippen molar-refractivity contribution in [3.8, 4) is 5.75 Å². The van der Waals surface area contributed by atoms with E-state index < -0.39 is 12.1 Å². The first-order valence-electron chi connectivity index (χ1n) is 11.6. The van der Waals surface area contributed by atoms with Crippen LogP contribution in [0.4, 0.5) is 16.2 Å². The van der Waals surface area contributed by atoms with Crippen LogP contribution >= 0.6 is 0 Å². The highest BCUT2D eigenvalue weighted by Gasteiger charge is 2.31. The molecule has 1 aliphatic heterocycles. The van der Waals surface area contributed by atoms with E-state index in [1.165, 1.54) is 0 Å². The van der Waals surface area contributed by atoms with Crippen molar-refractivity contribution in [2.24, 2.45) is 0 Å². The van der Waals surface area contributed by atoms with Gasteiger partial charge >= 0.3 is 12.1 Å². The SMILES string of the molecule is COc1cc(C(=O)O)ccc1CC1CN(C(C)C)c2ccc(NC(=O)OC3CCCC3)cc21. The Bertz CT molecular complexity index is 1030. The van der Waals surface area contributed by atoms with Crippen LogP contribution in [0.25, 0.3) is 0 Å². The molecule has 33 heavy (non-hydrogen) atoms. The molecule has 2 aromatic rings. The summed E-state index contributed by atoms with van der Waals surface area (Å²) in [7, 11) is 1.56. The number of fused-ring (bicyclic) bond motifs is 1. The van der Waals surface area contributed by atoms with Crippen LogP contribution in [-0.2, 0) is 11.2 Å². The van der Waals surface area contributed by atoms with Gasteiger partial charge in [0.1, 0.15) is 11.9 Å². The van der Waals surface area contributed by atoms with Crippen molar-refractivity contribution in [3.05, 3.63) is 53.1 Å². The van der Waals surface area contributed by atoms with Crippen molar-refractivity contribution >= 4 is 23.4 Å². The second-order valence-electron chi connectivity index (χ2n) is 9.19. The van der Waals surface area contributed by atoms with Gasteiger partial charge in [-0.2, -0.15) is 0 Å². The Morgan fingerprint density at radius 3 is 2.58 bits per heavy atom. The third kappa shape index (κ3) is 5.07. The number of hydrogen-bond donors (Lipinski definition) is 2. The number of rotatable bonds is 7. The maximum Gasteiger partial charge on any atom is 0.411 e. The summed E-state index contributed by atoms with van der Waals surface area (Å²) in [5.74, 6) is -0.217. The van der Waals surface area contributed by atoms with Gasteiger partial charge in [-0.25, -0.2) is 9.59 Å². The summed E-state index contributed by atoms with van der Waals surface area (Å²) in [4.78, 5) is 26.1. The maximum absolute atomic E-state index is 12.4. The van der Waals surface area contributed by atoms with E-state index in [0.29, 0.717) is 18.2 Å². The van der Waals surface area contributed by atoms with Gasteiger partial charge in [-0.1, -0.05) is 6.07 Å². The zero-order valence-corrected chi connectivity index (χ0v) is 19.5. The van der Waals surface area contributed by atoms with Crippen LogP contribution in [0.3, 0.4) is 0 Å². The Kier molecular flexibility index (Phi) is 6.77. The normalized spacial score (nSPS) is 17.8. The van der Waals surface area contributed by atoms with Crippen LogP contribution in [0.5, 0.6) is 5.75 Å². The number of nitrogens with zero attached hydrogens (tertiary/aromatic N) is 1. The van der Waals surface area contributed by atoms with Crippen molar-refractivity contribution in [3.63, 3.8) is 0 Å². The fraction of sp³-hybridized carbons (Fsp3) is 0.462. The lowest BCUT2D eigenvalue weighted by Gasteiger charge is -2.24. The van der Waals surface area contributed by atoms with E-state index in [9.17, 15) is 14.7 Å². The van der Waals surface area contributed by atoms with Gasteiger partial charge in [0.2, 0.25) is 0 Å². The smallest absolute Gasteiger partial charge is 0.411 e. The lowest BCUT2D eigenvalue weighted by atomic mass is 9.92. The molecule has 1 atom stereocenters. The largest absolute Gasteiger partial charge is 0.496 e. The summed E-state index contributed by atoms with van der Waals surface area (Å²) >= 11 is 0. The van der Waals surface area contributed by atoms with Gasteiger partial charge in [0.05, 0.1) is 12.7 Å². The second kappa shape index (κ2) is 9.73. The maximum atomic E-state index is 12.4. The van der Waals surface area contributed by atoms with E-state index >= 15 is 0 Å². The molecule has 2 aromatic carbocycles. The molecule has 1 fully saturated rings. The van der Waals surface area contributed by atoms with Crippen LogP contribution in [0.15, 0.2) is 36.4 Å². The van der Waals surface area contributed by atoms with Gasteiger partial charge in [-0.15, -0.1) is 0 Å². The molecule has 1 heterocycles. The molecular formula is C26H32N2O5. The number of aromatic carboxylic acids is 1. The predicted octanol–water partition coefficient (Wildman–Crippen LogP) is 5.44. The molecule has 0 bridgehead atoms. The molecule has 176 valence electrons. The summed E-state index contributed by atoms with van der Waals surface area (Å²) in [6, 6.07) is 11.4. The van der Waals surface area contributed by atoms with Gasteiger partial charge in [-0.3, -0.25) is 5.32 Å². The number of benzene rings is 2. The Morgan fingerprint density at radius 1 is 1.15 bits per heavy atom. The molecule has 0 radical (unpaired) electrons. The van der Waals surface area contributed by atoms with Crippen molar-refractivity contribution < 1.29 is 24.2 Å². The number of amides is 1. The monoisotopic (exact) mass is 452 g/mol. The average molecular weight is 453 g/mol. The number of carboxylic acids is 1. The highest BCUT2D eigenvalue weighted by atomic mass is 16.6. The standard InChI is InChI=1S/C26H32N2O5/c1-16(2)28-15-19(12-17-8-9-18(25(29)30)13-24(17)32-3)22-14-20(10-11-23(22)28)27-26(31)33-21-6-4-5-7-21/h8-11,13-14,16,19,21H,4-7,12,15H2,1-3H3,(H,27,31)(H,29,30). The van der Waals surface area contributed by atoms with E-state index in [1.807, 2.05) is 18.2 Å². The van der Waals surface area contributed by atoms with Crippen LogP contribution in [0, 0.1) is 0 Å². The minimum Gasteiger partial charge on any atom is -0.496 e. The van der Waals surface area contributed by atoms with Crippen LogP contribution in [-0.4, -0.2) is 43.0 Å². The number of anilines is 2. The molecule has 2 N–H and O–H groups in total. The van der Waals surface area contributed by atoms with Crippen LogP contribution in [0.1, 0.15) is 66.9 Å². The van der Waals surface area contributed by atoms with Gasteiger partial charge in [-0.05, 0) is 87.4 Å². The van der Waals surface area contributed by atoms with E-state index in [2.05, 4.69) is 30.1 Å². The molecule has 7 heteroatoms. The third-order valence-corrected chi connectivity index (χ3v) is 6.64. The third-order valence-electron chi connectivity index (χ3n) is 6.64. The Balaban J connectivity index is 1.56. The highest BCUT2D eigenvalue weighted by Crippen LogP contribution is 2.42. The molecule has 0 aromatic heterocycles. The fourth-order valence-electron chi connectivity index (χ4n) is 4.94. The molecule has 1 unspecified atom stereocenters. The molecule has 7 nitrogen and oxygen atoms in total. The molecule has 0 spiro atoms. The first-order chi connectivity index (χ1) is 15.9. The number of nitrogens with one attached hydrogen (secondary N) is 1. The summed E-state index contributed by atoms with van der Waals surface area (Å²) in [5, 5.41) is 12.2. The minimum atomic E-state index is -0.975. The van der Waals surface area contributed by atoms with Crippen LogP contribution < -0.4 is 15.0 Å². The number of carbonyl (C=O) groups is 2. The zero-order chi connectivity index (χ0) is 23.5. The minimum absolute atomic E-state index is 0.0184. The summed E-state index contributed by atoms with van der Waals surface area (Å²) in [5.41, 5.74) is 4.21. The van der Waals surface area contributed by atoms with Crippen molar-refractivity contribution in [2.45, 2.75) is 64.0 Å². The lowest BCUT2D eigenvalue weighted by molar-refractivity contribution is 0.0696. The number of ether oxygens (including phenoxy) is 2. The van der Waals surface area contributed by atoms with Gasteiger partial charge in [0.15, 0.2) is 0 Å². The summed E-state index contributed by atoms with van der Waals surface area (Å²) < 4.78 is 11.1. The van der Waals surface area contributed by atoms with Crippen LogP contribution in [0.2, 0.25) is 0 Å². The molecular weight excluding hydrogens is 420 g/mol. The van der Waals surface area contributed by atoms with E-state index in [-0.39, 0.29) is 17.6 Å². The molecule has 2 aliphatic rings. The van der Waals surface area contributed by atoms with Gasteiger partial charge in [0.25, 0.3) is 0 Å². The molecule has 1 saturated carbocycles. The first kappa shape index (κ1) is 23.0.